The van der Waals surface area contributed by atoms with Crippen molar-refractivity contribution in [3.05, 3.63) is 47.7 Å². The predicted octanol–water partition coefficient (Wildman–Crippen LogP) is 1.75. The molecule has 1 atom stereocenters. The number of anilines is 1. The highest BCUT2D eigenvalue weighted by atomic mass is 16.5. The average molecular weight is 341 g/mol. The molecular weight excluding hydrogens is 318 g/mol. The highest BCUT2D eigenvalue weighted by Gasteiger charge is 2.30. The molecular formula is C18H23N5O2. The predicted molar refractivity (Wildman–Crippen MR) is 94.1 cm³/mol. The molecule has 0 spiro atoms. The quantitative estimate of drug-likeness (QED) is 0.892. The summed E-state index contributed by atoms with van der Waals surface area (Å²) in [6.07, 6.45) is 4.64. The lowest BCUT2D eigenvalue weighted by Gasteiger charge is -2.35. The monoisotopic (exact) mass is 341 g/mol. The van der Waals surface area contributed by atoms with Gasteiger partial charge in [-0.25, -0.2) is 9.97 Å². The van der Waals surface area contributed by atoms with Gasteiger partial charge in [-0.15, -0.1) is 0 Å². The van der Waals surface area contributed by atoms with Gasteiger partial charge < -0.3 is 15.0 Å². The van der Waals surface area contributed by atoms with Gasteiger partial charge in [0.1, 0.15) is 11.9 Å². The van der Waals surface area contributed by atoms with Crippen LogP contribution < -0.4 is 5.32 Å². The molecule has 2 aromatic rings. The number of hydrogen-bond donors (Lipinski definition) is 1. The highest BCUT2D eigenvalue weighted by Crippen LogP contribution is 2.24. The van der Waals surface area contributed by atoms with Crippen molar-refractivity contribution in [2.24, 2.45) is 0 Å². The number of morpholine rings is 1. The van der Waals surface area contributed by atoms with Crippen LogP contribution in [0.5, 0.6) is 0 Å². The molecule has 1 N–H and O–H groups in total. The van der Waals surface area contributed by atoms with E-state index in [1.807, 2.05) is 37.1 Å². The lowest BCUT2D eigenvalue weighted by atomic mass is 10.1. The maximum atomic E-state index is 12.8. The number of aryl methyl sites for hydroxylation is 2. The lowest BCUT2D eigenvalue weighted by Crippen LogP contribution is -2.44. The molecule has 7 nitrogen and oxygen atoms in total. The summed E-state index contributed by atoms with van der Waals surface area (Å²) in [7, 11) is 1.82. The number of aromatic nitrogens is 3. The first kappa shape index (κ1) is 17.3. The normalized spacial score (nSPS) is 17.4. The van der Waals surface area contributed by atoms with Gasteiger partial charge in [-0.2, -0.15) is 0 Å². The van der Waals surface area contributed by atoms with E-state index in [1.165, 1.54) is 0 Å². The lowest BCUT2D eigenvalue weighted by molar-refractivity contribution is -0.140. The van der Waals surface area contributed by atoms with Crippen molar-refractivity contribution in [1.82, 2.24) is 19.9 Å². The van der Waals surface area contributed by atoms with Gasteiger partial charge in [-0.1, -0.05) is 6.07 Å². The molecule has 1 fully saturated rings. The second kappa shape index (κ2) is 8.02. The molecule has 0 aromatic carbocycles. The van der Waals surface area contributed by atoms with Crippen molar-refractivity contribution in [3.8, 4) is 0 Å². The Labute approximate surface area is 147 Å². The number of carbonyl (C=O) groups excluding carboxylic acids is 1. The zero-order valence-corrected chi connectivity index (χ0v) is 14.6. The Kier molecular flexibility index (Phi) is 5.55. The summed E-state index contributed by atoms with van der Waals surface area (Å²) in [5, 5.41) is 3.04. The first-order chi connectivity index (χ1) is 12.2. The Morgan fingerprint density at radius 2 is 2.32 bits per heavy atom. The Balaban J connectivity index is 1.74. The third-order valence-electron chi connectivity index (χ3n) is 4.22. The summed E-state index contributed by atoms with van der Waals surface area (Å²) < 4.78 is 5.59. The minimum atomic E-state index is -0.248. The number of ether oxygens (including phenoxy) is 1. The summed E-state index contributed by atoms with van der Waals surface area (Å²) in [5.74, 6) is 1.46. The van der Waals surface area contributed by atoms with Gasteiger partial charge in [0.25, 0.3) is 0 Å². The molecule has 1 aliphatic rings. The van der Waals surface area contributed by atoms with Crippen LogP contribution in [0.3, 0.4) is 0 Å². The molecule has 7 heteroatoms. The second-order valence-electron chi connectivity index (χ2n) is 6.04. The van der Waals surface area contributed by atoms with E-state index in [4.69, 9.17) is 4.74 Å². The van der Waals surface area contributed by atoms with E-state index in [9.17, 15) is 4.79 Å². The highest BCUT2D eigenvalue weighted by molar-refractivity contribution is 5.77. The molecule has 132 valence electrons. The molecule has 2 aromatic heterocycles. The molecule has 0 saturated carbocycles. The zero-order valence-electron chi connectivity index (χ0n) is 14.6. The summed E-state index contributed by atoms with van der Waals surface area (Å²) in [4.78, 5) is 27.8. The molecule has 3 rings (SSSR count). The van der Waals surface area contributed by atoms with Gasteiger partial charge in [0.05, 0.1) is 13.2 Å². The largest absolute Gasteiger partial charge is 0.377 e. The van der Waals surface area contributed by atoms with Crippen LogP contribution in [0.25, 0.3) is 0 Å². The minimum Gasteiger partial charge on any atom is -0.377 e. The van der Waals surface area contributed by atoms with E-state index in [2.05, 4.69) is 20.3 Å². The minimum absolute atomic E-state index is 0.0910. The first-order valence-electron chi connectivity index (χ1n) is 8.47. The number of rotatable bonds is 5. The Hall–Kier alpha value is -2.54. The fourth-order valence-corrected chi connectivity index (χ4v) is 2.93. The van der Waals surface area contributed by atoms with Crippen molar-refractivity contribution in [2.45, 2.75) is 25.8 Å². The number of carbonyl (C=O) groups is 1. The fraction of sp³-hybridized carbons (Fsp3) is 0.444. The number of pyridine rings is 1. The maximum absolute atomic E-state index is 12.8. The van der Waals surface area contributed by atoms with Crippen LogP contribution in [0.2, 0.25) is 0 Å². The summed E-state index contributed by atoms with van der Waals surface area (Å²) in [6, 6.07) is 5.50. The molecule has 1 saturated heterocycles. The van der Waals surface area contributed by atoms with Crippen molar-refractivity contribution >= 4 is 11.7 Å². The van der Waals surface area contributed by atoms with Crippen LogP contribution in [0, 0.1) is 6.92 Å². The van der Waals surface area contributed by atoms with Gasteiger partial charge in [0.15, 0.2) is 5.82 Å². The number of hydrogen-bond acceptors (Lipinski definition) is 6. The third-order valence-corrected chi connectivity index (χ3v) is 4.22. The smallest absolute Gasteiger partial charge is 0.223 e. The summed E-state index contributed by atoms with van der Waals surface area (Å²) in [5.41, 5.74) is 1.92. The number of nitrogens with one attached hydrogen (secondary N) is 1. The average Bonchev–Trinajstić information content (AvgIpc) is 2.66. The molecule has 1 unspecified atom stereocenters. The number of nitrogens with zero attached hydrogens (tertiary/aromatic N) is 4. The van der Waals surface area contributed by atoms with Crippen LogP contribution in [0.1, 0.15) is 29.5 Å². The van der Waals surface area contributed by atoms with E-state index in [1.54, 1.807) is 12.4 Å². The third kappa shape index (κ3) is 4.30. The van der Waals surface area contributed by atoms with Crippen molar-refractivity contribution in [2.75, 3.05) is 32.1 Å². The number of amides is 1. The Morgan fingerprint density at radius 1 is 1.44 bits per heavy atom. The van der Waals surface area contributed by atoms with Crippen LogP contribution in [0.4, 0.5) is 5.82 Å². The Bertz CT molecular complexity index is 723. The first-order valence-corrected chi connectivity index (χ1v) is 8.47. The molecule has 1 aliphatic heterocycles. The summed E-state index contributed by atoms with van der Waals surface area (Å²) >= 11 is 0. The van der Waals surface area contributed by atoms with E-state index in [0.717, 1.165) is 17.1 Å². The van der Waals surface area contributed by atoms with Gasteiger partial charge >= 0.3 is 0 Å². The molecule has 3 heterocycles. The zero-order chi connectivity index (χ0) is 17.6. The maximum Gasteiger partial charge on any atom is 0.223 e. The standard InChI is InChI=1S/C18H23N5O2/c1-13-10-16(19-2)22-18(21-13)15-12-25-9-8-23(15)17(24)6-5-14-4-3-7-20-11-14/h3-4,7,10-11,15H,5-6,8-9,12H2,1-2H3,(H,19,21,22). The van der Waals surface area contributed by atoms with E-state index < -0.39 is 0 Å². The van der Waals surface area contributed by atoms with Crippen LogP contribution in [-0.2, 0) is 16.0 Å². The van der Waals surface area contributed by atoms with Crippen LogP contribution >= 0.6 is 0 Å². The topological polar surface area (TPSA) is 80.2 Å². The Morgan fingerprint density at radius 3 is 3.08 bits per heavy atom. The van der Waals surface area contributed by atoms with Crippen LogP contribution in [-0.4, -0.2) is 52.6 Å². The molecule has 25 heavy (non-hydrogen) atoms. The molecule has 1 amide bonds. The molecule has 0 aliphatic carbocycles. The molecule has 0 radical (unpaired) electrons. The second-order valence-corrected chi connectivity index (χ2v) is 6.04. The van der Waals surface area contributed by atoms with Crippen molar-refractivity contribution in [1.29, 1.82) is 0 Å². The van der Waals surface area contributed by atoms with Gasteiger partial charge in [0, 0.05) is 44.2 Å². The summed E-state index contributed by atoms with van der Waals surface area (Å²) in [6.45, 7) is 3.44. The fourth-order valence-electron chi connectivity index (χ4n) is 2.93. The van der Waals surface area contributed by atoms with Gasteiger partial charge in [-0.3, -0.25) is 9.78 Å². The van der Waals surface area contributed by atoms with E-state index in [0.29, 0.717) is 38.4 Å². The van der Waals surface area contributed by atoms with Crippen molar-refractivity contribution < 1.29 is 9.53 Å². The van der Waals surface area contributed by atoms with Gasteiger partial charge in [-0.05, 0) is 25.0 Å². The van der Waals surface area contributed by atoms with Crippen molar-refractivity contribution in [3.63, 3.8) is 0 Å². The van der Waals surface area contributed by atoms with Crippen LogP contribution in [0.15, 0.2) is 30.6 Å². The van der Waals surface area contributed by atoms with E-state index >= 15 is 0 Å². The molecule has 0 bridgehead atoms. The van der Waals surface area contributed by atoms with Gasteiger partial charge in [0.2, 0.25) is 5.91 Å². The SMILES string of the molecule is CNc1cc(C)nc(C2COCCN2C(=O)CCc2cccnc2)n1. The van der Waals surface area contributed by atoms with E-state index in [-0.39, 0.29) is 11.9 Å².